The van der Waals surface area contributed by atoms with Gasteiger partial charge in [0.25, 0.3) is 0 Å². The Morgan fingerprint density at radius 2 is 1.00 bits per heavy atom. The van der Waals surface area contributed by atoms with Gasteiger partial charge in [-0.2, -0.15) is 0 Å². The molecule has 2 rings (SSSR count). The number of nitrogens with one attached hydrogen (secondary N) is 2. The maximum atomic E-state index is 11.6. The van der Waals surface area contributed by atoms with Crippen LogP contribution in [0.4, 0.5) is 0 Å². The van der Waals surface area contributed by atoms with E-state index in [1.165, 1.54) is 14.2 Å². The number of hydrogen-bond donors (Lipinski definition) is 2. The molecule has 0 aliphatic heterocycles. The molecule has 2 aromatic rings. The van der Waals surface area contributed by atoms with Gasteiger partial charge in [-0.1, -0.05) is 24.3 Å². The number of esters is 2. The van der Waals surface area contributed by atoms with E-state index >= 15 is 0 Å². The lowest BCUT2D eigenvalue weighted by atomic mass is 9.92. The van der Waals surface area contributed by atoms with Crippen molar-refractivity contribution in [2.24, 2.45) is 0 Å². The third-order valence-electron chi connectivity index (χ3n) is 4.34. The van der Waals surface area contributed by atoms with Crippen molar-refractivity contribution in [1.82, 2.24) is 10.6 Å². The molecule has 2 atom stereocenters. The zero-order valence-electron chi connectivity index (χ0n) is 15.4. The molecule has 0 aliphatic carbocycles. The molecule has 26 heavy (non-hydrogen) atoms. The Balaban J connectivity index is 2.28. The molecule has 0 bridgehead atoms. The molecule has 0 radical (unpaired) electrons. The summed E-state index contributed by atoms with van der Waals surface area (Å²) in [5, 5.41) is 6.62. The number of rotatable bonds is 7. The van der Waals surface area contributed by atoms with Gasteiger partial charge in [-0.25, -0.2) is 9.59 Å². The number of benzene rings is 2. The van der Waals surface area contributed by atoms with E-state index < -0.39 is 0 Å². The highest BCUT2D eigenvalue weighted by atomic mass is 16.5. The molecule has 2 aromatic carbocycles. The number of carbonyl (C=O) groups excluding carboxylic acids is 2. The number of ether oxygens (including phenoxy) is 2. The fraction of sp³-hybridized carbons (Fsp3) is 0.300. The van der Waals surface area contributed by atoms with Crippen molar-refractivity contribution in [3.05, 3.63) is 70.8 Å². The van der Waals surface area contributed by atoms with Crippen molar-refractivity contribution >= 4 is 11.9 Å². The van der Waals surface area contributed by atoms with Gasteiger partial charge >= 0.3 is 11.9 Å². The minimum absolute atomic E-state index is 0.0318. The molecule has 0 saturated carbocycles. The summed E-state index contributed by atoms with van der Waals surface area (Å²) < 4.78 is 9.47. The lowest BCUT2D eigenvalue weighted by Gasteiger charge is -2.27. The molecule has 6 heteroatoms. The van der Waals surface area contributed by atoms with Crippen LogP contribution >= 0.6 is 0 Å². The first kappa shape index (κ1) is 19.6. The Morgan fingerprint density at radius 3 is 1.23 bits per heavy atom. The highest BCUT2D eigenvalue weighted by Gasteiger charge is 2.22. The van der Waals surface area contributed by atoms with Crippen LogP contribution in [0.25, 0.3) is 0 Å². The fourth-order valence-electron chi connectivity index (χ4n) is 2.94. The lowest BCUT2D eigenvalue weighted by Crippen LogP contribution is -2.31. The van der Waals surface area contributed by atoms with Crippen LogP contribution in [0.3, 0.4) is 0 Å². The molecular formula is C20H24N2O4. The van der Waals surface area contributed by atoms with Crippen LogP contribution in [0.15, 0.2) is 48.5 Å². The van der Waals surface area contributed by atoms with Crippen molar-refractivity contribution in [3.8, 4) is 0 Å². The van der Waals surface area contributed by atoms with Gasteiger partial charge in [0.05, 0.1) is 37.4 Å². The van der Waals surface area contributed by atoms with E-state index in [2.05, 4.69) is 10.6 Å². The minimum Gasteiger partial charge on any atom is -0.465 e. The first-order valence-corrected chi connectivity index (χ1v) is 8.26. The average Bonchev–Trinajstić information content (AvgIpc) is 2.71. The van der Waals surface area contributed by atoms with Crippen molar-refractivity contribution < 1.29 is 19.1 Å². The van der Waals surface area contributed by atoms with Gasteiger partial charge in [-0.3, -0.25) is 0 Å². The van der Waals surface area contributed by atoms with Gasteiger partial charge in [0.15, 0.2) is 0 Å². The Hall–Kier alpha value is -2.70. The summed E-state index contributed by atoms with van der Waals surface area (Å²) in [7, 11) is 6.49. The van der Waals surface area contributed by atoms with Crippen molar-refractivity contribution in [3.63, 3.8) is 0 Å². The summed E-state index contributed by atoms with van der Waals surface area (Å²) in [4.78, 5) is 23.2. The smallest absolute Gasteiger partial charge is 0.337 e. The highest BCUT2D eigenvalue weighted by molar-refractivity contribution is 5.89. The topological polar surface area (TPSA) is 76.7 Å². The summed E-state index contributed by atoms with van der Waals surface area (Å²) in [6.07, 6.45) is 0. The predicted octanol–water partition coefficient (Wildman–Crippen LogP) is 2.48. The van der Waals surface area contributed by atoms with Crippen LogP contribution in [0.1, 0.15) is 43.9 Å². The lowest BCUT2D eigenvalue weighted by molar-refractivity contribution is 0.0592. The van der Waals surface area contributed by atoms with Gasteiger partial charge in [0.2, 0.25) is 0 Å². The van der Waals surface area contributed by atoms with Crippen molar-refractivity contribution in [2.75, 3.05) is 28.3 Å². The molecule has 0 aromatic heterocycles. The predicted molar refractivity (Wildman–Crippen MR) is 99.2 cm³/mol. The number of hydrogen-bond acceptors (Lipinski definition) is 6. The van der Waals surface area contributed by atoms with Crippen LogP contribution in [-0.4, -0.2) is 40.3 Å². The van der Waals surface area contributed by atoms with E-state index in [1.54, 1.807) is 24.3 Å². The van der Waals surface area contributed by atoms with Gasteiger partial charge in [0, 0.05) is 0 Å². The average molecular weight is 356 g/mol. The molecule has 0 heterocycles. The van der Waals surface area contributed by atoms with E-state index in [4.69, 9.17) is 9.47 Å². The quantitative estimate of drug-likeness (QED) is 0.742. The highest BCUT2D eigenvalue weighted by Crippen LogP contribution is 2.29. The molecule has 2 N–H and O–H groups in total. The van der Waals surface area contributed by atoms with E-state index in [-0.39, 0.29) is 24.0 Å². The van der Waals surface area contributed by atoms with Gasteiger partial charge in [0.1, 0.15) is 0 Å². The Labute approximate surface area is 153 Å². The molecule has 2 unspecified atom stereocenters. The molecule has 0 aliphatic rings. The SMILES string of the molecule is CNC(c1ccc(C(=O)OC)cc1)C(NC)c1ccc(C(=O)OC)cc1. The molecule has 6 nitrogen and oxygen atoms in total. The molecular weight excluding hydrogens is 332 g/mol. The number of methoxy groups -OCH3 is 2. The molecule has 0 fully saturated rings. The van der Waals surface area contributed by atoms with E-state index in [9.17, 15) is 9.59 Å². The summed E-state index contributed by atoms with van der Waals surface area (Å²) >= 11 is 0. The Morgan fingerprint density at radius 1 is 0.692 bits per heavy atom. The van der Waals surface area contributed by atoms with Crippen LogP contribution in [0, 0.1) is 0 Å². The zero-order chi connectivity index (χ0) is 19.1. The normalized spacial score (nSPS) is 12.9. The van der Waals surface area contributed by atoms with Gasteiger partial charge in [-0.15, -0.1) is 0 Å². The van der Waals surface area contributed by atoms with Crippen LogP contribution in [0.2, 0.25) is 0 Å². The maximum absolute atomic E-state index is 11.6. The molecule has 0 spiro atoms. The third-order valence-corrected chi connectivity index (χ3v) is 4.34. The van der Waals surface area contributed by atoms with Gasteiger partial charge in [-0.05, 0) is 49.5 Å². The van der Waals surface area contributed by atoms with Crippen molar-refractivity contribution in [1.29, 1.82) is 0 Å². The van der Waals surface area contributed by atoms with Crippen LogP contribution < -0.4 is 10.6 Å². The largest absolute Gasteiger partial charge is 0.465 e. The summed E-state index contributed by atoms with van der Waals surface area (Å²) in [5.41, 5.74) is 3.07. The zero-order valence-corrected chi connectivity index (χ0v) is 15.4. The summed E-state index contributed by atoms with van der Waals surface area (Å²) in [5.74, 6) is -0.720. The van der Waals surface area contributed by atoms with Crippen LogP contribution in [0.5, 0.6) is 0 Å². The van der Waals surface area contributed by atoms with E-state index in [1.807, 2.05) is 38.4 Å². The number of carbonyl (C=O) groups is 2. The molecule has 138 valence electrons. The first-order chi connectivity index (χ1) is 12.5. The second-order valence-corrected chi connectivity index (χ2v) is 5.76. The maximum Gasteiger partial charge on any atom is 0.337 e. The Bertz CT molecular complexity index is 676. The van der Waals surface area contributed by atoms with Crippen molar-refractivity contribution in [2.45, 2.75) is 12.1 Å². The summed E-state index contributed by atoms with van der Waals surface area (Å²) in [6, 6.07) is 14.5. The molecule has 0 amide bonds. The standard InChI is InChI=1S/C20H24N2O4/c1-21-17(13-5-9-15(10-6-13)19(23)25-3)18(22-2)14-7-11-16(12-8-14)20(24)26-4/h5-12,17-18,21-22H,1-4H3. The van der Waals surface area contributed by atoms with E-state index in [0.717, 1.165) is 11.1 Å². The fourth-order valence-corrected chi connectivity index (χ4v) is 2.94. The second-order valence-electron chi connectivity index (χ2n) is 5.76. The number of likely N-dealkylation sites (N-methyl/N-ethyl adjacent to an activating group) is 2. The Kier molecular flexibility index (Phi) is 6.89. The van der Waals surface area contributed by atoms with E-state index in [0.29, 0.717) is 11.1 Å². The minimum atomic E-state index is -0.360. The van der Waals surface area contributed by atoms with Crippen LogP contribution in [-0.2, 0) is 9.47 Å². The monoisotopic (exact) mass is 356 g/mol. The second kappa shape index (κ2) is 9.12. The summed E-state index contributed by atoms with van der Waals surface area (Å²) in [6.45, 7) is 0. The van der Waals surface area contributed by atoms with Gasteiger partial charge < -0.3 is 20.1 Å². The molecule has 0 saturated heterocycles. The first-order valence-electron chi connectivity index (χ1n) is 8.26. The third kappa shape index (κ3) is 4.28.